The molecule has 1 saturated heterocycles. The molecule has 3 aromatic rings. The van der Waals surface area contributed by atoms with Crippen molar-refractivity contribution in [2.24, 2.45) is 0 Å². The zero-order chi connectivity index (χ0) is 21.2. The van der Waals surface area contributed by atoms with E-state index in [0.29, 0.717) is 0 Å². The minimum absolute atomic E-state index is 0.0446. The fourth-order valence-corrected chi connectivity index (χ4v) is 44.8. The van der Waals surface area contributed by atoms with E-state index in [1.165, 1.54) is 7.16 Å². The van der Waals surface area contributed by atoms with Crippen molar-refractivity contribution in [3.63, 3.8) is 0 Å². The standard InChI is InChI=1S/C11H16O3PS2.2C6H5.Sn/c1-8(12)9(2)14-15(16,17)11-6-4-10(13-3)5-7-11;2*1-2-4-6-5-3-1;/h4-9H,1-3H3,(H,16,17);2*1-5H;/q-1;;;+2/p-1. The Balaban J connectivity index is 1.91. The first-order valence-corrected chi connectivity index (χ1v) is 21.6. The monoisotopic (exact) mass is 564 g/mol. The van der Waals surface area contributed by atoms with Crippen molar-refractivity contribution in [1.82, 2.24) is 0 Å². The zero-order valence-corrected chi connectivity index (χ0v) is 22.6. The van der Waals surface area contributed by atoms with Gasteiger partial charge in [-0.05, 0) is 0 Å². The van der Waals surface area contributed by atoms with E-state index in [2.05, 4.69) is 86.6 Å². The van der Waals surface area contributed by atoms with Crippen molar-refractivity contribution in [1.29, 1.82) is 0 Å². The SMILES string of the molecule is COc1ccc(P2(=S)OC(C)C(C)[O][Sn]([c]3ccccc3)([c]3ccccc3)[S]2)cc1. The molecule has 1 aliphatic heterocycles. The van der Waals surface area contributed by atoms with Crippen LogP contribution in [0.1, 0.15) is 13.8 Å². The van der Waals surface area contributed by atoms with Gasteiger partial charge in [0, 0.05) is 0 Å². The Kier molecular flexibility index (Phi) is 6.97. The van der Waals surface area contributed by atoms with Gasteiger partial charge in [0.25, 0.3) is 0 Å². The van der Waals surface area contributed by atoms with Gasteiger partial charge >= 0.3 is 192 Å². The summed E-state index contributed by atoms with van der Waals surface area (Å²) in [7, 11) is 3.51. The third-order valence-corrected chi connectivity index (χ3v) is 39.9. The van der Waals surface area contributed by atoms with Gasteiger partial charge in [-0.25, -0.2) is 0 Å². The second-order valence-electron chi connectivity index (χ2n) is 7.27. The van der Waals surface area contributed by atoms with Gasteiger partial charge in [0.15, 0.2) is 0 Å². The third-order valence-electron chi connectivity index (χ3n) is 5.26. The summed E-state index contributed by atoms with van der Waals surface area (Å²) >= 11 is 2.62. The van der Waals surface area contributed by atoms with Gasteiger partial charge in [0.1, 0.15) is 0 Å². The van der Waals surface area contributed by atoms with Gasteiger partial charge in [-0.15, -0.1) is 0 Å². The molecule has 156 valence electrons. The predicted octanol–water partition coefficient (Wildman–Crippen LogP) is 4.44. The maximum absolute atomic E-state index is 7.03. The molecule has 3 nitrogen and oxygen atoms in total. The van der Waals surface area contributed by atoms with Crippen LogP contribution >= 0.6 is 14.0 Å². The molecule has 7 heteroatoms. The molecule has 1 fully saturated rings. The normalized spacial score (nSPS) is 26.0. The Morgan fingerprint density at radius 3 is 1.87 bits per heavy atom. The minimum atomic E-state index is -3.73. The Morgan fingerprint density at radius 1 is 0.833 bits per heavy atom. The van der Waals surface area contributed by atoms with Crippen molar-refractivity contribution in [3.8, 4) is 5.75 Å². The van der Waals surface area contributed by atoms with Gasteiger partial charge in [-0.3, -0.25) is 0 Å². The summed E-state index contributed by atoms with van der Waals surface area (Å²) in [6.07, 6.45) is -0.131. The van der Waals surface area contributed by atoms with Crippen LogP contribution in [0, 0.1) is 0 Å². The molecule has 3 unspecified atom stereocenters. The van der Waals surface area contributed by atoms with Crippen LogP contribution in [0.4, 0.5) is 0 Å². The molecule has 0 aromatic heterocycles. The van der Waals surface area contributed by atoms with Crippen LogP contribution in [0.25, 0.3) is 0 Å². The number of ether oxygens (including phenoxy) is 1. The van der Waals surface area contributed by atoms with E-state index in [-0.39, 0.29) is 12.2 Å². The Morgan fingerprint density at radius 2 is 1.37 bits per heavy atom. The number of rotatable bonds is 4. The van der Waals surface area contributed by atoms with Gasteiger partial charge < -0.3 is 0 Å². The molecule has 3 atom stereocenters. The third kappa shape index (κ3) is 4.38. The van der Waals surface area contributed by atoms with Gasteiger partial charge in [-0.1, -0.05) is 0 Å². The second kappa shape index (κ2) is 9.35. The Labute approximate surface area is 190 Å². The number of hydrogen-bond donors (Lipinski definition) is 0. The molecular formula is C23H25O3PS2Sn. The predicted molar refractivity (Wildman–Crippen MR) is 134 cm³/mol. The first-order valence-electron chi connectivity index (χ1n) is 9.89. The van der Waals surface area contributed by atoms with E-state index in [1.54, 1.807) is 7.11 Å². The number of methoxy groups -OCH3 is 1. The molecule has 0 N–H and O–H groups in total. The summed E-state index contributed by atoms with van der Waals surface area (Å²) in [5.74, 6) is 0.818. The van der Waals surface area contributed by atoms with E-state index >= 15 is 0 Å². The molecule has 0 bridgehead atoms. The Bertz CT molecular complexity index is 992. The van der Waals surface area contributed by atoms with E-state index in [9.17, 15) is 0 Å². The summed E-state index contributed by atoms with van der Waals surface area (Å²) in [6, 6.07) is 29.3. The summed E-state index contributed by atoms with van der Waals surface area (Å²) < 4.78 is 21.6. The quantitative estimate of drug-likeness (QED) is 0.346. The fraction of sp³-hybridized carbons (Fsp3) is 0.217. The van der Waals surface area contributed by atoms with Crippen LogP contribution in [0.2, 0.25) is 0 Å². The number of hydrogen-bond acceptors (Lipinski definition) is 5. The summed E-state index contributed by atoms with van der Waals surface area (Å²) in [6.45, 7) is 4.19. The average Bonchev–Trinajstić information content (AvgIpc) is 2.90. The molecule has 30 heavy (non-hydrogen) atoms. The molecule has 3 aromatic carbocycles. The van der Waals surface area contributed by atoms with Gasteiger partial charge in [0.05, 0.1) is 0 Å². The first kappa shape index (κ1) is 22.4. The Hall–Kier alpha value is -0.821. The van der Waals surface area contributed by atoms with Crippen LogP contribution in [0.15, 0.2) is 84.9 Å². The summed E-state index contributed by atoms with van der Waals surface area (Å²) in [4.78, 5) is 0. The topological polar surface area (TPSA) is 27.7 Å². The molecule has 1 aliphatic rings. The van der Waals surface area contributed by atoms with Crippen LogP contribution in [-0.2, 0) is 19.4 Å². The summed E-state index contributed by atoms with van der Waals surface area (Å²) in [5.41, 5.74) is -2.42. The molecule has 0 spiro atoms. The van der Waals surface area contributed by atoms with E-state index in [0.717, 1.165) is 11.1 Å². The van der Waals surface area contributed by atoms with Crippen molar-refractivity contribution in [3.05, 3.63) is 84.9 Å². The molecular weight excluding hydrogens is 538 g/mol. The van der Waals surface area contributed by atoms with E-state index in [1.807, 2.05) is 20.7 Å². The molecule has 4 rings (SSSR count). The van der Waals surface area contributed by atoms with E-state index < -0.39 is 22.9 Å². The first-order chi connectivity index (χ1) is 14.5. The van der Waals surface area contributed by atoms with Gasteiger partial charge in [-0.2, -0.15) is 0 Å². The van der Waals surface area contributed by atoms with Crippen LogP contribution in [-0.4, -0.2) is 36.7 Å². The molecule has 0 amide bonds. The van der Waals surface area contributed by atoms with Crippen molar-refractivity contribution in [2.75, 3.05) is 7.11 Å². The average molecular weight is 563 g/mol. The van der Waals surface area contributed by atoms with Crippen LogP contribution in [0.5, 0.6) is 5.75 Å². The maximum atomic E-state index is 7.03. The van der Waals surface area contributed by atoms with Crippen molar-refractivity contribution >= 4 is 55.7 Å². The van der Waals surface area contributed by atoms with Gasteiger partial charge in [0.2, 0.25) is 0 Å². The van der Waals surface area contributed by atoms with Crippen LogP contribution in [0.3, 0.4) is 0 Å². The molecule has 1 heterocycles. The summed E-state index contributed by atoms with van der Waals surface area (Å²) in [5, 5.41) is 1.06. The van der Waals surface area contributed by atoms with Crippen molar-refractivity contribution in [2.45, 2.75) is 26.1 Å². The van der Waals surface area contributed by atoms with Crippen molar-refractivity contribution < 1.29 is 12.3 Å². The van der Waals surface area contributed by atoms with E-state index in [4.69, 9.17) is 24.1 Å². The number of benzene rings is 3. The van der Waals surface area contributed by atoms with Crippen LogP contribution < -0.4 is 17.2 Å². The second-order valence-corrected chi connectivity index (χ2v) is 29.5. The molecule has 0 saturated carbocycles. The molecule has 0 radical (unpaired) electrons. The fourth-order valence-electron chi connectivity index (χ4n) is 3.48. The molecule has 0 aliphatic carbocycles. The zero-order valence-electron chi connectivity index (χ0n) is 17.2.